The first kappa shape index (κ1) is 10.5. The first-order chi connectivity index (χ1) is 7.86. The molecule has 0 atom stereocenters. The fraction of sp³-hybridized carbons (Fsp3) is 0.143. The van der Waals surface area contributed by atoms with Crippen molar-refractivity contribution < 1.29 is 9.53 Å². The Morgan fingerprint density at radius 3 is 2.62 bits per heavy atom. The number of hydrogen-bond donors (Lipinski definition) is 0. The summed E-state index contributed by atoms with van der Waals surface area (Å²) in [6.45, 7) is 0. The van der Waals surface area contributed by atoms with Crippen LogP contribution < -0.4 is 0 Å². The molecule has 16 heavy (non-hydrogen) atoms. The molecule has 1 aliphatic rings. The molecule has 0 amide bonds. The molecule has 0 aromatic heterocycles. The largest absolute Gasteiger partial charge is 0.495 e. The van der Waals surface area contributed by atoms with Gasteiger partial charge in [0.25, 0.3) is 0 Å². The van der Waals surface area contributed by atoms with Gasteiger partial charge in [0, 0.05) is 12.0 Å². The average molecular weight is 212 g/mol. The highest BCUT2D eigenvalue weighted by atomic mass is 16.5. The van der Waals surface area contributed by atoms with Gasteiger partial charge in [0.1, 0.15) is 11.7 Å². The zero-order valence-electron chi connectivity index (χ0n) is 9.07. The minimum atomic E-state index is 0.573. The van der Waals surface area contributed by atoms with Crippen LogP contribution in [0.15, 0.2) is 53.8 Å². The number of carbonyl (C=O) groups excluding carboxylic acids is 1. The Labute approximate surface area is 94.6 Å². The minimum absolute atomic E-state index is 0.573. The normalized spacial score (nSPS) is 14.9. The molecule has 0 saturated heterocycles. The van der Waals surface area contributed by atoms with Gasteiger partial charge in [-0.1, -0.05) is 42.5 Å². The smallest absolute Gasteiger partial charge is 0.141 e. The van der Waals surface area contributed by atoms with Gasteiger partial charge in [-0.3, -0.25) is 0 Å². The molecule has 2 rings (SSSR count). The van der Waals surface area contributed by atoms with E-state index in [0.717, 1.165) is 11.1 Å². The van der Waals surface area contributed by atoms with Crippen molar-refractivity contribution in [3.8, 4) is 0 Å². The van der Waals surface area contributed by atoms with E-state index in [4.69, 9.17) is 4.74 Å². The standard InChI is InChI=1S/C14H12O2/c1-16-14-12(10-15)8-5-9-13(14)11-6-3-2-4-7-11/h2-7,9H,8H2,1H3. The van der Waals surface area contributed by atoms with E-state index in [2.05, 4.69) is 0 Å². The van der Waals surface area contributed by atoms with Gasteiger partial charge in [-0.2, -0.15) is 0 Å². The second-order valence-corrected chi connectivity index (χ2v) is 3.50. The number of benzene rings is 1. The van der Waals surface area contributed by atoms with E-state index in [0.29, 0.717) is 17.8 Å². The van der Waals surface area contributed by atoms with Crippen LogP contribution in [0.2, 0.25) is 0 Å². The molecule has 2 heteroatoms. The summed E-state index contributed by atoms with van der Waals surface area (Å²) in [7, 11) is 1.58. The molecule has 1 aromatic rings. The van der Waals surface area contributed by atoms with Gasteiger partial charge in [-0.25, -0.2) is 4.79 Å². The molecule has 0 heterocycles. The van der Waals surface area contributed by atoms with Crippen molar-refractivity contribution in [2.75, 3.05) is 7.11 Å². The first-order valence-electron chi connectivity index (χ1n) is 5.11. The SMILES string of the molecule is COC1=C(c2ccccc2)C=CCC1=C=O. The predicted octanol–water partition coefficient (Wildman–Crippen LogP) is 2.76. The lowest BCUT2D eigenvalue weighted by Gasteiger charge is -2.15. The molecule has 0 radical (unpaired) electrons. The summed E-state index contributed by atoms with van der Waals surface area (Å²) in [5, 5.41) is 0. The van der Waals surface area contributed by atoms with Crippen molar-refractivity contribution in [2.24, 2.45) is 0 Å². The molecule has 1 aliphatic carbocycles. The number of rotatable bonds is 2. The summed E-state index contributed by atoms with van der Waals surface area (Å²) >= 11 is 0. The van der Waals surface area contributed by atoms with Crippen LogP contribution in [0.25, 0.3) is 5.57 Å². The molecule has 2 nitrogen and oxygen atoms in total. The number of allylic oxidation sites excluding steroid dienone is 4. The van der Waals surface area contributed by atoms with Crippen LogP contribution in [0, 0.1) is 0 Å². The van der Waals surface area contributed by atoms with E-state index >= 15 is 0 Å². The minimum Gasteiger partial charge on any atom is -0.495 e. The van der Waals surface area contributed by atoms with Crippen LogP contribution in [0.1, 0.15) is 12.0 Å². The van der Waals surface area contributed by atoms with Gasteiger partial charge in [-0.05, 0) is 5.56 Å². The molecule has 0 N–H and O–H groups in total. The highest BCUT2D eigenvalue weighted by molar-refractivity contribution is 5.83. The molecular formula is C14H12O2. The van der Waals surface area contributed by atoms with Gasteiger partial charge in [-0.15, -0.1) is 0 Å². The Morgan fingerprint density at radius 1 is 1.25 bits per heavy atom. The molecule has 0 aliphatic heterocycles. The second-order valence-electron chi connectivity index (χ2n) is 3.50. The molecule has 1 aromatic carbocycles. The lowest BCUT2D eigenvalue weighted by molar-refractivity contribution is 0.302. The van der Waals surface area contributed by atoms with E-state index in [1.807, 2.05) is 48.4 Å². The number of methoxy groups -OCH3 is 1. The van der Waals surface area contributed by atoms with Gasteiger partial charge in [0.15, 0.2) is 0 Å². The van der Waals surface area contributed by atoms with Crippen LogP contribution in [0.3, 0.4) is 0 Å². The van der Waals surface area contributed by atoms with Crippen molar-refractivity contribution in [3.63, 3.8) is 0 Å². The lowest BCUT2D eigenvalue weighted by Crippen LogP contribution is -2.01. The summed E-state index contributed by atoms with van der Waals surface area (Å²) in [6, 6.07) is 9.86. The topological polar surface area (TPSA) is 26.3 Å². The van der Waals surface area contributed by atoms with E-state index in [-0.39, 0.29) is 0 Å². The van der Waals surface area contributed by atoms with Crippen molar-refractivity contribution in [2.45, 2.75) is 6.42 Å². The van der Waals surface area contributed by atoms with E-state index in [1.165, 1.54) is 0 Å². The maximum Gasteiger partial charge on any atom is 0.141 e. The Hall–Kier alpha value is -2.05. The molecule has 0 spiro atoms. The quantitative estimate of drug-likeness (QED) is 0.704. The Morgan fingerprint density at radius 2 is 2.00 bits per heavy atom. The summed E-state index contributed by atoms with van der Waals surface area (Å²) in [4.78, 5) is 10.8. The van der Waals surface area contributed by atoms with Gasteiger partial charge in [0.2, 0.25) is 0 Å². The van der Waals surface area contributed by atoms with Gasteiger partial charge in [0.05, 0.1) is 12.7 Å². The number of hydrogen-bond acceptors (Lipinski definition) is 2. The molecular weight excluding hydrogens is 200 g/mol. The molecule has 0 bridgehead atoms. The van der Waals surface area contributed by atoms with Crippen molar-refractivity contribution in [1.82, 2.24) is 0 Å². The third-order valence-electron chi connectivity index (χ3n) is 2.54. The van der Waals surface area contributed by atoms with Gasteiger partial charge < -0.3 is 4.74 Å². The van der Waals surface area contributed by atoms with E-state index in [9.17, 15) is 4.79 Å². The monoisotopic (exact) mass is 212 g/mol. The number of ether oxygens (including phenoxy) is 1. The molecule has 0 fully saturated rings. The fourth-order valence-electron chi connectivity index (χ4n) is 1.79. The lowest BCUT2D eigenvalue weighted by atomic mass is 9.95. The molecule has 80 valence electrons. The third-order valence-corrected chi connectivity index (χ3v) is 2.54. The summed E-state index contributed by atoms with van der Waals surface area (Å²) in [5.41, 5.74) is 2.56. The maximum atomic E-state index is 10.8. The highest BCUT2D eigenvalue weighted by Gasteiger charge is 2.16. The Bertz CT molecular complexity index is 489. The van der Waals surface area contributed by atoms with Crippen molar-refractivity contribution >= 4 is 11.5 Å². The second kappa shape index (κ2) is 4.65. The molecule has 0 saturated carbocycles. The average Bonchev–Trinajstić information content (AvgIpc) is 2.38. The summed E-state index contributed by atoms with van der Waals surface area (Å²) < 4.78 is 5.29. The van der Waals surface area contributed by atoms with Crippen LogP contribution in [-0.2, 0) is 9.53 Å². The van der Waals surface area contributed by atoms with E-state index < -0.39 is 0 Å². The van der Waals surface area contributed by atoms with Crippen molar-refractivity contribution in [1.29, 1.82) is 0 Å². The Balaban J connectivity index is 2.57. The predicted molar refractivity (Wildman–Crippen MR) is 63.3 cm³/mol. The van der Waals surface area contributed by atoms with Crippen LogP contribution >= 0.6 is 0 Å². The summed E-state index contributed by atoms with van der Waals surface area (Å²) in [5.74, 6) is 2.57. The highest BCUT2D eigenvalue weighted by Crippen LogP contribution is 2.30. The Kier molecular flexibility index (Phi) is 3.04. The van der Waals surface area contributed by atoms with Crippen LogP contribution in [0.4, 0.5) is 0 Å². The van der Waals surface area contributed by atoms with Crippen LogP contribution in [-0.4, -0.2) is 13.1 Å². The zero-order chi connectivity index (χ0) is 11.4. The first-order valence-corrected chi connectivity index (χ1v) is 5.11. The zero-order valence-corrected chi connectivity index (χ0v) is 9.07. The molecule has 0 unspecified atom stereocenters. The van der Waals surface area contributed by atoms with Gasteiger partial charge >= 0.3 is 0 Å². The fourth-order valence-corrected chi connectivity index (χ4v) is 1.79. The van der Waals surface area contributed by atoms with E-state index in [1.54, 1.807) is 7.11 Å². The van der Waals surface area contributed by atoms with Crippen molar-refractivity contribution in [3.05, 3.63) is 59.4 Å². The van der Waals surface area contributed by atoms with Crippen LogP contribution in [0.5, 0.6) is 0 Å². The maximum absolute atomic E-state index is 10.8. The third kappa shape index (κ3) is 1.83. The summed E-state index contributed by atoms with van der Waals surface area (Å²) in [6.07, 6.45) is 4.52.